The van der Waals surface area contributed by atoms with E-state index in [9.17, 15) is 9.59 Å². The summed E-state index contributed by atoms with van der Waals surface area (Å²) in [4.78, 5) is 25.4. The maximum atomic E-state index is 12.2. The molecule has 1 amide bonds. The van der Waals surface area contributed by atoms with Crippen molar-refractivity contribution >= 4 is 11.9 Å². The smallest absolute Gasteiger partial charge is 0.325 e. The normalized spacial score (nSPS) is 14.1. The summed E-state index contributed by atoms with van der Waals surface area (Å²) in [6.45, 7) is 4.50. The molecule has 0 N–H and O–H groups in total. The molecule has 116 valence electrons. The molecule has 0 aliphatic heterocycles. The molecule has 0 aromatic heterocycles. The van der Waals surface area contributed by atoms with Gasteiger partial charge in [0.15, 0.2) is 0 Å². The Morgan fingerprint density at radius 3 is 2.30 bits per heavy atom. The van der Waals surface area contributed by atoms with Gasteiger partial charge in [0, 0.05) is 12.5 Å². The molecule has 1 aliphatic carbocycles. The van der Waals surface area contributed by atoms with E-state index in [2.05, 4.69) is 6.92 Å². The third-order valence-electron chi connectivity index (χ3n) is 3.66. The standard InChI is InChI=1S/C16H29NO3/c1-3-5-6-7-8-9-10-15(18)17(14-11-12-14)13-16(19)20-4-2/h14H,3-13H2,1-2H3. The molecule has 4 nitrogen and oxygen atoms in total. The van der Waals surface area contributed by atoms with E-state index in [4.69, 9.17) is 4.74 Å². The lowest BCUT2D eigenvalue weighted by Gasteiger charge is -2.21. The second-order valence-corrected chi connectivity index (χ2v) is 5.58. The minimum absolute atomic E-state index is 0.121. The van der Waals surface area contributed by atoms with Gasteiger partial charge >= 0.3 is 5.97 Å². The molecule has 0 unspecified atom stereocenters. The molecular weight excluding hydrogens is 254 g/mol. The summed E-state index contributed by atoms with van der Waals surface area (Å²) in [7, 11) is 0. The van der Waals surface area contributed by atoms with Gasteiger partial charge < -0.3 is 9.64 Å². The number of carbonyl (C=O) groups excluding carboxylic acids is 2. The molecule has 1 rings (SSSR count). The van der Waals surface area contributed by atoms with Crippen molar-refractivity contribution in [3.63, 3.8) is 0 Å². The van der Waals surface area contributed by atoms with Crippen LogP contribution >= 0.6 is 0 Å². The Morgan fingerprint density at radius 1 is 1.05 bits per heavy atom. The number of hydrogen-bond donors (Lipinski definition) is 0. The van der Waals surface area contributed by atoms with E-state index in [1.165, 1.54) is 25.7 Å². The average Bonchev–Trinajstić information content (AvgIpc) is 3.24. The minimum Gasteiger partial charge on any atom is -0.465 e. The van der Waals surface area contributed by atoms with E-state index < -0.39 is 0 Å². The quantitative estimate of drug-likeness (QED) is 0.432. The zero-order chi connectivity index (χ0) is 14.8. The van der Waals surface area contributed by atoms with Crippen molar-refractivity contribution in [1.29, 1.82) is 0 Å². The number of hydrogen-bond acceptors (Lipinski definition) is 3. The SMILES string of the molecule is CCCCCCCCC(=O)N(CC(=O)OCC)C1CC1. The molecule has 0 aromatic rings. The summed E-state index contributed by atoms with van der Waals surface area (Å²) >= 11 is 0. The van der Waals surface area contributed by atoms with Gasteiger partial charge in [-0.1, -0.05) is 39.0 Å². The molecule has 0 aromatic carbocycles. The highest BCUT2D eigenvalue weighted by atomic mass is 16.5. The molecule has 1 saturated carbocycles. The summed E-state index contributed by atoms with van der Waals surface area (Å²) < 4.78 is 4.94. The van der Waals surface area contributed by atoms with Crippen molar-refractivity contribution in [2.24, 2.45) is 0 Å². The fourth-order valence-electron chi connectivity index (χ4n) is 2.35. The van der Waals surface area contributed by atoms with Crippen LogP contribution in [0.1, 0.15) is 71.6 Å². The summed E-state index contributed by atoms with van der Waals surface area (Å²) in [5, 5.41) is 0. The number of unbranched alkanes of at least 4 members (excludes halogenated alkanes) is 5. The average molecular weight is 283 g/mol. The highest BCUT2D eigenvalue weighted by Crippen LogP contribution is 2.27. The molecule has 20 heavy (non-hydrogen) atoms. The van der Waals surface area contributed by atoms with Crippen LogP contribution in [-0.2, 0) is 14.3 Å². The lowest BCUT2D eigenvalue weighted by atomic mass is 10.1. The monoisotopic (exact) mass is 283 g/mol. The van der Waals surface area contributed by atoms with Crippen LogP contribution in [0.3, 0.4) is 0 Å². The van der Waals surface area contributed by atoms with Gasteiger partial charge in [-0.2, -0.15) is 0 Å². The Bertz CT molecular complexity index is 300. The Labute approximate surface area is 122 Å². The van der Waals surface area contributed by atoms with E-state index >= 15 is 0 Å². The predicted octanol–water partition coefficient (Wildman–Crippen LogP) is 3.29. The van der Waals surface area contributed by atoms with Gasteiger partial charge in [-0.05, 0) is 26.2 Å². The first kappa shape index (κ1) is 17.0. The summed E-state index contributed by atoms with van der Waals surface area (Å²) in [5.74, 6) is -0.160. The van der Waals surface area contributed by atoms with Crippen molar-refractivity contribution in [1.82, 2.24) is 4.90 Å². The van der Waals surface area contributed by atoms with Crippen molar-refractivity contribution in [2.45, 2.75) is 77.7 Å². The van der Waals surface area contributed by atoms with Crippen molar-refractivity contribution in [3.8, 4) is 0 Å². The number of carbonyl (C=O) groups is 2. The van der Waals surface area contributed by atoms with Crippen LogP contribution in [-0.4, -0.2) is 36.0 Å². The van der Waals surface area contributed by atoms with Gasteiger partial charge in [-0.15, -0.1) is 0 Å². The van der Waals surface area contributed by atoms with Crippen LogP contribution in [0.4, 0.5) is 0 Å². The number of esters is 1. The van der Waals surface area contributed by atoms with Gasteiger partial charge in [0.05, 0.1) is 6.61 Å². The minimum atomic E-state index is -0.282. The number of amides is 1. The molecule has 0 spiro atoms. The van der Waals surface area contributed by atoms with E-state index in [0.717, 1.165) is 25.7 Å². The summed E-state index contributed by atoms with van der Waals surface area (Å²) in [5.41, 5.74) is 0. The zero-order valence-corrected chi connectivity index (χ0v) is 13.0. The lowest BCUT2D eigenvalue weighted by Crippen LogP contribution is -2.38. The molecule has 0 heterocycles. The molecule has 0 atom stereocenters. The van der Waals surface area contributed by atoms with Crippen LogP contribution in [0, 0.1) is 0 Å². The predicted molar refractivity (Wildman–Crippen MR) is 79.4 cm³/mol. The lowest BCUT2D eigenvalue weighted by molar-refractivity contribution is -0.149. The van der Waals surface area contributed by atoms with Crippen molar-refractivity contribution in [3.05, 3.63) is 0 Å². The van der Waals surface area contributed by atoms with E-state index in [1.807, 2.05) is 0 Å². The highest BCUT2D eigenvalue weighted by Gasteiger charge is 2.33. The zero-order valence-electron chi connectivity index (χ0n) is 13.0. The maximum Gasteiger partial charge on any atom is 0.325 e. The molecular formula is C16H29NO3. The first-order valence-electron chi connectivity index (χ1n) is 8.14. The van der Waals surface area contributed by atoms with Gasteiger partial charge in [-0.25, -0.2) is 0 Å². The van der Waals surface area contributed by atoms with Gasteiger partial charge in [0.2, 0.25) is 5.91 Å². The third kappa shape index (κ3) is 6.92. The maximum absolute atomic E-state index is 12.2. The number of ether oxygens (including phenoxy) is 1. The number of nitrogens with zero attached hydrogens (tertiary/aromatic N) is 1. The Kier molecular flexibility index (Phi) is 8.31. The van der Waals surface area contributed by atoms with Crippen LogP contribution in [0.5, 0.6) is 0 Å². The van der Waals surface area contributed by atoms with Gasteiger partial charge in [-0.3, -0.25) is 9.59 Å². The molecule has 0 bridgehead atoms. The van der Waals surface area contributed by atoms with Crippen LogP contribution in [0.2, 0.25) is 0 Å². The fourth-order valence-corrected chi connectivity index (χ4v) is 2.35. The van der Waals surface area contributed by atoms with Crippen LogP contribution in [0.25, 0.3) is 0 Å². The Balaban J connectivity index is 2.21. The highest BCUT2D eigenvalue weighted by molar-refractivity contribution is 5.82. The number of rotatable bonds is 11. The van der Waals surface area contributed by atoms with E-state index in [-0.39, 0.29) is 24.5 Å². The van der Waals surface area contributed by atoms with Crippen LogP contribution < -0.4 is 0 Å². The van der Waals surface area contributed by atoms with Crippen molar-refractivity contribution in [2.75, 3.05) is 13.2 Å². The molecule has 4 heteroatoms. The Morgan fingerprint density at radius 2 is 1.70 bits per heavy atom. The second kappa shape index (κ2) is 9.78. The first-order chi connectivity index (χ1) is 9.69. The molecule has 0 radical (unpaired) electrons. The van der Waals surface area contributed by atoms with E-state index in [1.54, 1.807) is 11.8 Å². The topological polar surface area (TPSA) is 46.6 Å². The molecule has 1 fully saturated rings. The summed E-state index contributed by atoms with van der Waals surface area (Å²) in [6, 6.07) is 0.284. The second-order valence-electron chi connectivity index (χ2n) is 5.58. The fraction of sp³-hybridized carbons (Fsp3) is 0.875. The summed E-state index contributed by atoms with van der Waals surface area (Å²) in [6.07, 6.45) is 9.69. The Hall–Kier alpha value is -1.06. The van der Waals surface area contributed by atoms with Gasteiger partial charge in [0.25, 0.3) is 0 Å². The third-order valence-corrected chi connectivity index (χ3v) is 3.66. The molecule has 0 saturated heterocycles. The van der Waals surface area contributed by atoms with Gasteiger partial charge in [0.1, 0.15) is 6.54 Å². The largest absolute Gasteiger partial charge is 0.465 e. The first-order valence-corrected chi connectivity index (χ1v) is 8.14. The molecule has 1 aliphatic rings. The van der Waals surface area contributed by atoms with Crippen molar-refractivity contribution < 1.29 is 14.3 Å². The van der Waals surface area contributed by atoms with E-state index in [0.29, 0.717) is 13.0 Å². The van der Waals surface area contributed by atoms with Crippen LogP contribution in [0.15, 0.2) is 0 Å².